The van der Waals surface area contributed by atoms with Gasteiger partial charge in [0.15, 0.2) is 0 Å². The minimum atomic E-state index is 0.310. The largest absolute Gasteiger partial charge is 0.508 e. The van der Waals surface area contributed by atoms with Crippen LogP contribution in [0, 0.1) is 0 Å². The number of fused-ring (bicyclic) bond motifs is 2. The van der Waals surface area contributed by atoms with Gasteiger partial charge in [-0.2, -0.15) is 0 Å². The molecule has 1 aromatic rings. The van der Waals surface area contributed by atoms with Crippen molar-refractivity contribution in [1.82, 2.24) is 5.32 Å². The van der Waals surface area contributed by atoms with Gasteiger partial charge in [0.05, 0.1) is 0 Å². The van der Waals surface area contributed by atoms with E-state index in [0.717, 1.165) is 13.1 Å². The van der Waals surface area contributed by atoms with Crippen LogP contribution in [0.5, 0.6) is 5.75 Å². The molecule has 1 saturated carbocycles. The molecule has 2 heteroatoms. The monoisotopic (exact) mass is 217 g/mol. The van der Waals surface area contributed by atoms with E-state index < -0.39 is 0 Å². The van der Waals surface area contributed by atoms with Gasteiger partial charge in [-0.25, -0.2) is 0 Å². The molecule has 1 spiro atoms. The van der Waals surface area contributed by atoms with Crippen molar-refractivity contribution in [2.75, 3.05) is 6.54 Å². The maximum atomic E-state index is 9.68. The van der Waals surface area contributed by atoms with Gasteiger partial charge >= 0.3 is 0 Å². The first-order chi connectivity index (χ1) is 7.80. The van der Waals surface area contributed by atoms with Crippen molar-refractivity contribution >= 4 is 0 Å². The Labute approximate surface area is 96.7 Å². The molecular weight excluding hydrogens is 198 g/mol. The van der Waals surface area contributed by atoms with Gasteiger partial charge in [-0.15, -0.1) is 0 Å². The molecule has 3 rings (SSSR count). The van der Waals surface area contributed by atoms with Crippen LogP contribution in [-0.2, 0) is 12.0 Å². The van der Waals surface area contributed by atoms with E-state index in [0.29, 0.717) is 11.2 Å². The van der Waals surface area contributed by atoms with Crippen molar-refractivity contribution in [3.63, 3.8) is 0 Å². The smallest absolute Gasteiger partial charge is 0.115 e. The number of phenols is 1. The number of hydrogen-bond acceptors (Lipinski definition) is 2. The normalized spacial score (nSPS) is 23.0. The van der Waals surface area contributed by atoms with Crippen LogP contribution in [0.25, 0.3) is 0 Å². The number of benzene rings is 1. The first-order valence-corrected chi connectivity index (χ1v) is 6.33. The molecule has 0 aromatic heterocycles. The molecule has 2 nitrogen and oxygen atoms in total. The van der Waals surface area contributed by atoms with Crippen LogP contribution in [0.2, 0.25) is 0 Å². The highest BCUT2D eigenvalue weighted by Crippen LogP contribution is 2.43. The molecular formula is C14H19NO. The fourth-order valence-corrected chi connectivity index (χ4v) is 3.42. The van der Waals surface area contributed by atoms with Gasteiger partial charge in [0.25, 0.3) is 0 Å². The molecule has 0 saturated heterocycles. The Morgan fingerprint density at radius 2 is 1.94 bits per heavy atom. The van der Waals surface area contributed by atoms with Crippen molar-refractivity contribution in [1.29, 1.82) is 0 Å². The van der Waals surface area contributed by atoms with E-state index in [-0.39, 0.29) is 0 Å². The molecule has 86 valence electrons. The number of phenolic OH excluding ortho intramolecular Hbond substituents is 1. The Kier molecular flexibility index (Phi) is 2.40. The standard InChI is InChI=1S/C14H19NO/c16-12-5-4-11-9-15-10-14(13(11)8-12)6-2-1-3-7-14/h4-5,8,15-16H,1-3,6-7,9-10H2. The van der Waals surface area contributed by atoms with Gasteiger partial charge in [0.1, 0.15) is 5.75 Å². The minimum absolute atomic E-state index is 0.310. The van der Waals surface area contributed by atoms with Crippen LogP contribution in [0.3, 0.4) is 0 Å². The van der Waals surface area contributed by atoms with Crippen LogP contribution in [0.1, 0.15) is 43.2 Å². The van der Waals surface area contributed by atoms with Crippen LogP contribution in [0.15, 0.2) is 18.2 Å². The molecule has 2 N–H and O–H groups in total. The zero-order valence-corrected chi connectivity index (χ0v) is 9.63. The zero-order valence-electron chi connectivity index (χ0n) is 9.63. The molecule has 0 radical (unpaired) electrons. The molecule has 1 fully saturated rings. The minimum Gasteiger partial charge on any atom is -0.508 e. The third-order valence-corrected chi connectivity index (χ3v) is 4.25. The van der Waals surface area contributed by atoms with E-state index >= 15 is 0 Å². The summed E-state index contributed by atoms with van der Waals surface area (Å²) in [6, 6.07) is 5.89. The lowest BCUT2D eigenvalue weighted by molar-refractivity contribution is 0.263. The Balaban J connectivity index is 2.06. The van der Waals surface area contributed by atoms with Crippen LogP contribution >= 0.6 is 0 Å². The molecule has 0 amide bonds. The molecule has 0 bridgehead atoms. The highest BCUT2D eigenvalue weighted by atomic mass is 16.3. The third kappa shape index (κ3) is 1.52. The summed E-state index contributed by atoms with van der Waals surface area (Å²) in [5, 5.41) is 13.2. The van der Waals surface area contributed by atoms with Crippen LogP contribution < -0.4 is 5.32 Å². The summed E-state index contributed by atoms with van der Waals surface area (Å²) in [6.45, 7) is 2.04. The Morgan fingerprint density at radius 1 is 1.12 bits per heavy atom. The average Bonchev–Trinajstić information content (AvgIpc) is 2.32. The Bertz CT molecular complexity index is 394. The van der Waals surface area contributed by atoms with Gasteiger partial charge in [-0.1, -0.05) is 25.3 Å². The fourth-order valence-electron chi connectivity index (χ4n) is 3.42. The zero-order chi connectivity index (χ0) is 11.0. The van der Waals surface area contributed by atoms with Crippen molar-refractivity contribution < 1.29 is 5.11 Å². The number of aromatic hydroxyl groups is 1. The van der Waals surface area contributed by atoms with Gasteiger partial charge in [0, 0.05) is 18.5 Å². The van der Waals surface area contributed by atoms with E-state index in [9.17, 15) is 5.11 Å². The second-order valence-electron chi connectivity index (χ2n) is 5.29. The summed E-state index contributed by atoms with van der Waals surface area (Å²) in [5.41, 5.74) is 3.10. The van der Waals surface area contributed by atoms with E-state index in [1.807, 2.05) is 12.1 Å². The average molecular weight is 217 g/mol. The third-order valence-electron chi connectivity index (χ3n) is 4.25. The molecule has 0 atom stereocenters. The number of rotatable bonds is 0. The lowest BCUT2D eigenvalue weighted by Gasteiger charge is -2.42. The second-order valence-corrected chi connectivity index (χ2v) is 5.29. The van der Waals surface area contributed by atoms with Gasteiger partial charge in [-0.05, 0) is 36.1 Å². The summed E-state index contributed by atoms with van der Waals surface area (Å²) < 4.78 is 0. The number of hydrogen-bond donors (Lipinski definition) is 2. The quantitative estimate of drug-likeness (QED) is 0.700. The summed E-state index contributed by atoms with van der Waals surface area (Å²) in [5.74, 6) is 0.422. The molecule has 16 heavy (non-hydrogen) atoms. The van der Waals surface area contributed by atoms with Crippen molar-refractivity contribution in [2.24, 2.45) is 0 Å². The van der Waals surface area contributed by atoms with Gasteiger partial charge in [0.2, 0.25) is 0 Å². The SMILES string of the molecule is Oc1ccc2c(c1)C1(CCCCC1)CNC2. The van der Waals surface area contributed by atoms with Crippen LogP contribution in [0.4, 0.5) is 0 Å². The van der Waals surface area contributed by atoms with E-state index in [1.165, 1.54) is 43.2 Å². The molecule has 2 aliphatic rings. The van der Waals surface area contributed by atoms with E-state index in [1.54, 1.807) is 0 Å². The van der Waals surface area contributed by atoms with E-state index in [2.05, 4.69) is 11.4 Å². The van der Waals surface area contributed by atoms with Crippen molar-refractivity contribution in [2.45, 2.75) is 44.1 Å². The summed E-state index contributed by atoms with van der Waals surface area (Å²) >= 11 is 0. The maximum absolute atomic E-state index is 9.68. The van der Waals surface area contributed by atoms with E-state index in [4.69, 9.17) is 0 Å². The molecule has 1 aromatic carbocycles. The summed E-state index contributed by atoms with van der Waals surface area (Å²) in [6.07, 6.45) is 6.58. The summed E-state index contributed by atoms with van der Waals surface area (Å²) in [7, 11) is 0. The topological polar surface area (TPSA) is 32.3 Å². The second kappa shape index (κ2) is 3.77. The van der Waals surface area contributed by atoms with Gasteiger partial charge in [-0.3, -0.25) is 0 Å². The Hall–Kier alpha value is -1.02. The lowest BCUT2D eigenvalue weighted by Crippen LogP contribution is -2.44. The lowest BCUT2D eigenvalue weighted by atomic mass is 9.66. The first kappa shape index (κ1) is 10.2. The highest BCUT2D eigenvalue weighted by Gasteiger charge is 2.37. The van der Waals surface area contributed by atoms with Crippen molar-refractivity contribution in [3.05, 3.63) is 29.3 Å². The molecule has 1 heterocycles. The van der Waals surface area contributed by atoms with Gasteiger partial charge < -0.3 is 10.4 Å². The Morgan fingerprint density at radius 3 is 2.75 bits per heavy atom. The summed E-state index contributed by atoms with van der Waals surface area (Å²) in [4.78, 5) is 0. The first-order valence-electron chi connectivity index (χ1n) is 6.33. The fraction of sp³-hybridized carbons (Fsp3) is 0.571. The predicted molar refractivity (Wildman–Crippen MR) is 64.6 cm³/mol. The van der Waals surface area contributed by atoms with Crippen molar-refractivity contribution in [3.8, 4) is 5.75 Å². The predicted octanol–water partition coefficient (Wildman–Crippen LogP) is 2.70. The molecule has 1 aliphatic heterocycles. The van der Waals surface area contributed by atoms with Crippen LogP contribution in [-0.4, -0.2) is 11.7 Å². The maximum Gasteiger partial charge on any atom is 0.115 e. The molecule has 0 unspecified atom stereocenters. The molecule has 1 aliphatic carbocycles. The number of nitrogens with one attached hydrogen (secondary N) is 1. The highest BCUT2D eigenvalue weighted by molar-refractivity contribution is 5.42.